The van der Waals surface area contributed by atoms with Crippen LogP contribution >= 0.6 is 39.1 Å². The van der Waals surface area contributed by atoms with Crippen molar-refractivity contribution in [3.8, 4) is 0 Å². The molecule has 1 N–H and O–H groups in total. The molecule has 2 aromatic rings. The van der Waals surface area contributed by atoms with E-state index in [0.717, 1.165) is 10.0 Å². The third kappa shape index (κ3) is 5.53. The average Bonchev–Trinajstić information content (AvgIpc) is 2.54. The van der Waals surface area contributed by atoms with Crippen molar-refractivity contribution in [3.63, 3.8) is 0 Å². The van der Waals surface area contributed by atoms with Crippen molar-refractivity contribution < 1.29 is 14.3 Å². The van der Waals surface area contributed by atoms with Gasteiger partial charge in [-0.05, 0) is 35.9 Å². The summed E-state index contributed by atoms with van der Waals surface area (Å²) in [6, 6.07) is 12.0. The topological polar surface area (TPSA) is 55.4 Å². The molecule has 0 aromatic heterocycles. The number of carbonyl (C=O) groups is 2. The SMILES string of the molecule is O=C(COC(=O)c1cc(Cl)ccc1Cl)NCc1ccc(Br)cc1. The second-order valence-electron chi connectivity index (χ2n) is 4.60. The molecule has 0 aliphatic rings. The molecule has 0 bridgehead atoms. The lowest BCUT2D eigenvalue weighted by atomic mass is 10.2. The molecule has 2 rings (SSSR count). The molecule has 0 aliphatic carbocycles. The van der Waals surface area contributed by atoms with Crippen LogP contribution in [0.25, 0.3) is 0 Å². The highest BCUT2D eigenvalue weighted by Gasteiger charge is 2.14. The van der Waals surface area contributed by atoms with E-state index in [0.29, 0.717) is 11.6 Å². The minimum Gasteiger partial charge on any atom is -0.452 e. The Bertz CT molecular complexity index is 720. The molecule has 0 spiro atoms. The third-order valence-electron chi connectivity index (χ3n) is 2.89. The molecular formula is C16H12BrCl2NO3. The van der Waals surface area contributed by atoms with Crippen molar-refractivity contribution in [1.82, 2.24) is 5.32 Å². The van der Waals surface area contributed by atoms with E-state index in [1.807, 2.05) is 24.3 Å². The van der Waals surface area contributed by atoms with E-state index in [4.69, 9.17) is 27.9 Å². The quantitative estimate of drug-likeness (QED) is 0.742. The van der Waals surface area contributed by atoms with Crippen molar-refractivity contribution in [2.45, 2.75) is 6.54 Å². The highest BCUT2D eigenvalue weighted by atomic mass is 79.9. The van der Waals surface area contributed by atoms with E-state index < -0.39 is 18.5 Å². The van der Waals surface area contributed by atoms with Gasteiger partial charge in [0.15, 0.2) is 6.61 Å². The van der Waals surface area contributed by atoms with Gasteiger partial charge >= 0.3 is 5.97 Å². The summed E-state index contributed by atoms with van der Waals surface area (Å²) in [6.07, 6.45) is 0. The first-order chi connectivity index (χ1) is 11.0. The molecule has 0 atom stereocenters. The normalized spacial score (nSPS) is 10.2. The number of carbonyl (C=O) groups excluding carboxylic acids is 2. The van der Waals surface area contributed by atoms with Crippen molar-refractivity contribution in [2.24, 2.45) is 0 Å². The van der Waals surface area contributed by atoms with Gasteiger partial charge in [-0.2, -0.15) is 0 Å². The molecule has 0 fully saturated rings. The Balaban J connectivity index is 1.83. The Morgan fingerprint density at radius 1 is 1.09 bits per heavy atom. The number of hydrogen-bond donors (Lipinski definition) is 1. The molecule has 23 heavy (non-hydrogen) atoms. The highest BCUT2D eigenvalue weighted by Crippen LogP contribution is 2.21. The van der Waals surface area contributed by atoms with Crippen LogP contribution in [-0.4, -0.2) is 18.5 Å². The van der Waals surface area contributed by atoms with Crippen LogP contribution in [0.3, 0.4) is 0 Å². The summed E-state index contributed by atoms with van der Waals surface area (Å²) >= 11 is 15.0. The van der Waals surface area contributed by atoms with Gasteiger partial charge in [0.2, 0.25) is 0 Å². The lowest BCUT2D eigenvalue weighted by molar-refractivity contribution is -0.124. The molecule has 0 heterocycles. The molecule has 0 radical (unpaired) electrons. The minimum atomic E-state index is -0.698. The van der Waals surface area contributed by atoms with E-state index in [1.165, 1.54) is 12.1 Å². The molecule has 7 heteroatoms. The first-order valence-electron chi connectivity index (χ1n) is 6.59. The lowest BCUT2D eigenvalue weighted by Crippen LogP contribution is -2.28. The van der Waals surface area contributed by atoms with Crippen LogP contribution in [0.1, 0.15) is 15.9 Å². The number of hydrogen-bond acceptors (Lipinski definition) is 3. The van der Waals surface area contributed by atoms with Crippen LogP contribution in [0.2, 0.25) is 10.0 Å². The minimum absolute atomic E-state index is 0.125. The Morgan fingerprint density at radius 2 is 1.78 bits per heavy atom. The number of benzene rings is 2. The molecule has 0 aliphatic heterocycles. The van der Waals surface area contributed by atoms with Gasteiger partial charge in [0, 0.05) is 16.0 Å². The number of ether oxygens (including phenoxy) is 1. The van der Waals surface area contributed by atoms with Crippen LogP contribution in [-0.2, 0) is 16.1 Å². The van der Waals surface area contributed by atoms with Gasteiger partial charge in [-0.1, -0.05) is 51.3 Å². The summed E-state index contributed by atoms with van der Waals surface area (Å²) in [5.41, 5.74) is 1.06. The molecule has 0 saturated heterocycles. The maximum atomic E-state index is 11.9. The van der Waals surface area contributed by atoms with Crippen molar-refractivity contribution in [3.05, 3.63) is 68.1 Å². The van der Waals surface area contributed by atoms with Crippen LogP contribution in [0.15, 0.2) is 46.9 Å². The smallest absolute Gasteiger partial charge is 0.340 e. The molecule has 1 amide bonds. The van der Waals surface area contributed by atoms with Crippen LogP contribution in [0, 0.1) is 0 Å². The predicted molar refractivity (Wildman–Crippen MR) is 92.7 cm³/mol. The van der Waals surface area contributed by atoms with E-state index in [9.17, 15) is 9.59 Å². The summed E-state index contributed by atoms with van der Waals surface area (Å²) in [5, 5.41) is 3.24. The maximum absolute atomic E-state index is 11.9. The van der Waals surface area contributed by atoms with Gasteiger partial charge < -0.3 is 10.1 Å². The van der Waals surface area contributed by atoms with E-state index in [1.54, 1.807) is 6.07 Å². The zero-order valence-corrected chi connectivity index (χ0v) is 14.9. The van der Waals surface area contributed by atoms with Gasteiger partial charge in [0.1, 0.15) is 0 Å². The van der Waals surface area contributed by atoms with Gasteiger partial charge in [0.05, 0.1) is 10.6 Å². The lowest BCUT2D eigenvalue weighted by Gasteiger charge is -2.08. The molecule has 0 unspecified atom stereocenters. The number of rotatable bonds is 5. The maximum Gasteiger partial charge on any atom is 0.340 e. The predicted octanol–water partition coefficient (Wildman–Crippen LogP) is 4.23. The largest absolute Gasteiger partial charge is 0.452 e. The first kappa shape index (κ1) is 17.8. The Labute approximate surface area is 151 Å². The van der Waals surface area contributed by atoms with E-state index in [2.05, 4.69) is 21.2 Å². The van der Waals surface area contributed by atoms with Gasteiger partial charge in [-0.15, -0.1) is 0 Å². The number of nitrogens with one attached hydrogen (secondary N) is 1. The van der Waals surface area contributed by atoms with Crippen LogP contribution < -0.4 is 5.32 Å². The molecule has 4 nitrogen and oxygen atoms in total. The van der Waals surface area contributed by atoms with Crippen LogP contribution in [0.4, 0.5) is 0 Å². The fourth-order valence-corrected chi connectivity index (χ4v) is 2.35. The molecule has 2 aromatic carbocycles. The first-order valence-corrected chi connectivity index (χ1v) is 8.14. The van der Waals surface area contributed by atoms with E-state index in [-0.39, 0.29) is 10.6 Å². The van der Waals surface area contributed by atoms with Crippen molar-refractivity contribution >= 4 is 51.0 Å². The zero-order valence-electron chi connectivity index (χ0n) is 11.8. The molecular weight excluding hydrogens is 405 g/mol. The monoisotopic (exact) mass is 415 g/mol. The van der Waals surface area contributed by atoms with Crippen LogP contribution in [0.5, 0.6) is 0 Å². The molecule has 120 valence electrons. The summed E-state index contributed by atoms with van der Waals surface area (Å²) in [7, 11) is 0. The second-order valence-corrected chi connectivity index (χ2v) is 6.36. The Morgan fingerprint density at radius 3 is 2.48 bits per heavy atom. The fourth-order valence-electron chi connectivity index (χ4n) is 1.72. The molecule has 0 saturated carbocycles. The zero-order chi connectivity index (χ0) is 16.8. The van der Waals surface area contributed by atoms with Gasteiger partial charge in [-0.3, -0.25) is 4.79 Å². The summed E-state index contributed by atoms with van der Waals surface area (Å²) in [6.45, 7) is -0.0419. The standard InChI is InChI=1S/C16H12BrCl2NO3/c17-11-3-1-10(2-4-11)8-20-15(21)9-23-16(22)13-7-12(18)5-6-14(13)19/h1-7H,8-9H2,(H,20,21). The number of esters is 1. The Hall–Kier alpha value is -1.56. The summed E-state index contributed by atoms with van der Waals surface area (Å²) < 4.78 is 5.89. The summed E-state index contributed by atoms with van der Waals surface area (Å²) in [4.78, 5) is 23.6. The van der Waals surface area contributed by atoms with E-state index >= 15 is 0 Å². The number of halogens is 3. The van der Waals surface area contributed by atoms with Crippen molar-refractivity contribution in [2.75, 3.05) is 6.61 Å². The van der Waals surface area contributed by atoms with Gasteiger partial charge in [0.25, 0.3) is 5.91 Å². The Kier molecular flexibility index (Phi) is 6.45. The van der Waals surface area contributed by atoms with Gasteiger partial charge in [-0.25, -0.2) is 4.79 Å². The average molecular weight is 417 g/mol. The van der Waals surface area contributed by atoms with Crippen molar-refractivity contribution in [1.29, 1.82) is 0 Å². The second kappa shape index (κ2) is 8.34. The summed E-state index contributed by atoms with van der Waals surface area (Å²) in [5.74, 6) is -1.10. The fraction of sp³-hybridized carbons (Fsp3) is 0.125. The number of amides is 1. The third-order valence-corrected chi connectivity index (χ3v) is 3.98. The highest BCUT2D eigenvalue weighted by molar-refractivity contribution is 9.10.